The third kappa shape index (κ3) is 4.95. The van der Waals surface area contributed by atoms with Gasteiger partial charge in [0.1, 0.15) is 11.6 Å². The van der Waals surface area contributed by atoms with Gasteiger partial charge in [0, 0.05) is 35.3 Å². The summed E-state index contributed by atoms with van der Waals surface area (Å²) in [6.07, 6.45) is 12.1. The maximum absolute atomic E-state index is 14.2. The highest BCUT2D eigenvalue weighted by Crippen LogP contribution is 2.55. The minimum Gasteiger partial charge on any atom is -0.359 e. The van der Waals surface area contributed by atoms with Crippen LogP contribution < -0.4 is 10.6 Å². The molecule has 2 bridgehead atoms. The summed E-state index contributed by atoms with van der Waals surface area (Å²) in [6, 6.07) is 7.19. The van der Waals surface area contributed by atoms with Crippen LogP contribution >= 0.6 is 15.9 Å². The fourth-order valence-electron chi connectivity index (χ4n) is 7.52. The smallest absolute Gasteiger partial charge is 0.246 e. The molecule has 1 aromatic carbocycles. The number of hydrogen-bond acceptors (Lipinski definition) is 5. The van der Waals surface area contributed by atoms with E-state index in [1.807, 2.05) is 36.4 Å². The highest BCUT2D eigenvalue weighted by atomic mass is 79.9. The predicted molar refractivity (Wildman–Crippen MR) is 152 cm³/mol. The SMILES string of the molecule is C[C@@H]1CCCCN1CCN1C(=O)[C@@H]2[C@@H](C(=O)Nc3ccc(Br)cc3)[C@@H]3C=C[C@@]2(O3)[C@@H]1C(=O)NC1CCCCC1. The van der Waals surface area contributed by atoms with E-state index in [1.165, 1.54) is 12.8 Å². The van der Waals surface area contributed by atoms with Gasteiger partial charge >= 0.3 is 0 Å². The van der Waals surface area contributed by atoms with Crippen molar-refractivity contribution in [3.63, 3.8) is 0 Å². The van der Waals surface area contributed by atoms with E-state index in [0.717, 1.165) is 49.5 Å². The summed E-state index contributed by atoms with van der Waals surface area (Å²) in [5.74, 6) is -1.95. The Balaban J connectivity index is 1.27. The van der Waals surface area contributed by atoms with E-state index in [0.29, 0.717) is 24.8 Å². The van der Waals surface area contributed by atoms with E-state index < -0.39 is 29.6 Å². The lowest BCUT2D eigenvalue weighted by molar-refractivity contribution is -0.141. The van der Waals surface area contributed by atoms with Crippen LogP contribution in [0.15, 0.2) is 40.9 Å². The van der Waals surface area contributed by atoms with E-state index in [-0.39, 0.29) is 23.8 Å². The topological polar surface area (TPSA) is 91.0 Å². The molecule has 8 nitrogen and oxygen atoms in total. The lowest BCUT2D eigenvalue weighted by atomic mass is 9.74. The Labute approximate surface area is 239 Å². The number of benzene rings is 1. The molecule has 39 heavy (non-hydrogen) atoms. The normalized spacial score (nSPS) is 34.4. The molecule has 210 valence electrons. The molecule has 4 heterocycles. The van der Waals surface area contributed by atoms with Crippen molar-refractivity contribution in [2.24, 2.45) is 11.8 Å². The molecule has 1 saturated carbocycles. The van der Waals surface area contributed by atoms with Crippen molar-refractivity contribution >= 4 is 39.3 Å². The molecule has 4 aliphatic heterocycles. The molecule has 1 spiro atoms. The molecule has 3 saturated heterocycles. The number of carbonyl (C=O) groups is 3. The molecule has 5 aliphatic rings. The Morgan fingerprint density at radius 2 is 1.77 bits per heavy atom. The number of ether oxygens (including phenoxy) is 1. The third-order valence-electron chi connectivity index (χ3n) is 9.56. The molecule has 9 heteroatoms. The fourth-order valence-corrected chi connectivity index (χ4v) is 7.78. The number of likely N-dealkylation sites (tertiary alicyclic amines) is 2. The molecular formula is C30H39BrN4O4. The number of anilines is 1. The Bertz CT molecular complexity index is 1140. The van der Waals surface area contributed by atoms with E-state index in [4.69, 9.17) is 4.74 Å². The number of hydrogen-bond donors (Lipinski definition) is 2. The average Bonchev–Trinajstić information content (AvgIpc) is 3.57. The van der Waals surface area contributed by atoms with Gasteiger partial charge in [-0.3, -0.25) is 19.3 Å². The minimum atomic E-state index is -1.12. The van der Waals surface area contributed by atoms with Gasteiger partial charge in [-0.05, 0) is 63.4 Å². The fraction of sp³-hybridized carbons (Fsp3) is 0.633. The first kappa shape index (κ1) is 27.0. The van der Waals surface area contributed by atoms with E-state index in [1.54, 1.807) is 4.90 Å². The third-order valence-corrected chi connectivity index (χ3v) is 10.1. The van der Waals surface area contributed by atoms with Gasteiger partial charge in [0.15, 0.2) is 0 Å². The van der Waals surface area contributed by atoms with Gasteiger partial charge in [0.05, 0.1) is 17.9 Å². The number of fused-ring (bicyclic) bond motifs is 1. The van der Waals surface area contributed by atoms with Crippen LogP contribution in [-0.2, 0) is 19.1 Å². The number of carbonyl (C=O) groups excluding carboxylic acids is 3. The summed E-state index contributed by atoms with van der Waals surface area (Å²) in [5, 5.41) is 6.26. The first-order chi connectivity index (χ1) is 18.9. The van der Waals surface area contributed by atoms with Gasteiger partial charge in [-0.25, -0.2) is 0 Å². The zero-order valence-electron chi connectivity index (χ0n) is 22.6. The zero-order chi connectivity index (χ0) is 27.1. The molecule has 3 amide bonds. The van der Waals surface area contributed by atoms with Gasteiger partial charge < -0.3 is 20.3 Å². The molecule has 4 fully saturated rings. The van der Waals surface area contributed by atoms with Crippen molar-refractivity contribution in [1.82, 2.24) is 15.1 Å². The Kier molecular flexibility index (Phi) is 7.59. The van der Waals surface area contributed by atoms with Gasteiger partial charge in [-0.1, -0.05) is 53.8 Å². The zero-order valence-corrected chi connectivity index (χ0v) is 24.2. The second-order valence-corrected chi connectivity index (χ2v) is 12.9. The van der Waals surface area contributed by atoms with Gasteiger partial charge in [-0.2, -0.15) is 0 Å². The van der Waals surface area contributed by atoms with Gasteiger partial charge in [0.2, 0.25) is 17.7 Å². The van der Waals surface area contributed by atoms with Crippen LogP contribution in [0.1, 0.15) is 58.3 Å². The molecule has 0 radical (unpaired) electrons. The van der Waals surface area contributed by atoms with E-state index in [9.17, 15) is 14.4 Å². The lowest BCUT2D eigenvalue weighted by Crippen LogP contribution is -2.57. The van der Waals surface area contributed by atoms with Crippen molar-refractivity contribution in [2.45, 2.75) is 88.1 Å². The first-order valence-electron chi connectivity index (χ1n) is 14.7. The summed E-state index contributed by atoms with van der Waals surface area (Å²) in [6.45, 7) is 4.41. The monoisotopic (exact) mass is 598 g/mol. The molecule has 1 aliphatic carbocycles. The molecule has 2 N–H and O–H groups in total. The molecule has 0 unspecified atom stereocenters. The standard InChI is InChI=1S/C30H39BrN4O4/c1-19-7-5-6-16-34(19)17-18-35-26(28(37)33-21-8-3-2-4-9-21)30-15-14-23(39-30)24(25(30)29(35)38)27(36)32-22-12-10-20(31)11-13-22/h10-15,19,21,23-26H,2-9,16-18H2,1H3,(H,32,36)(H,33,37)/t19-,23+,24+,25+,26+,30+/m1/s1. The highest BCUT2D eigenvalue weighted by molar-refractivity contribution is 9.10. The average molecular weight is 600 g/mol. The van der Waals surface area contributed by atoms with Crippen molar-refractivity contribution < 1.29 is 19.1 Å². The predicted octanol–water partition coefficient (Wildman–Crippen LogP) is 3.86. The van der Waals surface area contributed by atoms with E-state index >= 15 is 0 Å². The summed E-state index contributed by atoms with van der Waals surface area (Å²) >= 11 is 3.42. The Hall–Kier alpha value is -2.23. The number of nitrogens with one attached hydrogen (secondary N) is 2. The summed E-state index contributed by atoms with van der Waals surface area (Å²) in [4.78, 5) is 45.9. The maximum Gasteiger partial charge on any atom is 0.246 e. The minimum absolute atomic E-state index is 0.125. The molecule has 6 atom stereocenters. The molecule has 0 aromatic heterocycles. The van der Waals surface area contributed by atoms with Crippen molar-refractivity contribution in [3.05, 3.63) is 40.9 Å². The summed E-state index contributed by atoms with van der Waals surface area (Å²) in [7, 11) is 0. The van der Waals surface area contributed by atoms with Crippen LogP contribution in [0, 0.1) is 11.8 Å². The quantitative estimate of drug-likeness (QED) is 0.465. The van der Waals surface area contributed by atoms with E-state index in [2.05, 4.69) is 38.4 Å². The Morgan fingerprint density at radius 1 is 1.03 bits per heavy atom. The molecular weight excluding hydrogens is 560 g/mol. The number of halogens is 1. The van der Waals surface area contributed by atoms with Crippen LogP contribution in [0.4, 0.5) is 5.69 Å². The second kappa shape index (κ2) is 11.0. The van der Waals surface area contributed by atoms with Crippen LogP contribution in [0.5, 0.6) is 0 Å². The van der Waals surface area contributed by atoms with Crippen LogP contribution in [0.2, 0.25) is 0 Å². The van der Waals surface area contributed by atoms with Crippen LogP contribution in [-0.4, -0.2) is 77.0 Å². The number of piperidine rings is 1. The first-order valence-corrected chi connectivity index (χ1v) is 15.5. The number of amides is 3. The van der Waals surface area contributed by atoms with Crippen LogP contribution in [0.25, 0.3) is 0 Å². The van der Waals surface area contributed by atoms with Crippen LogP contribution in [0.3, 0.4) is 0 Å². The Morgan fingerprint density at radius 3 is 2.51 bits per heavy atom. The van der Waals surface area contributed by atoms with Crippen molar-refractivity contribution in [1.29, 1.82) is 0 Å². The largest absolute Gasteiger partial charge is 0.359 e. The highest BCUT2D eigenvalue weighted by Gasteiger charge is 2.72. The van der Waals surface area contributed by atoms with Crippen molar-refractivity contribution in [3.8, 4) is 0 Å². The van der Waals surface area contributed by atoms with Gasteiger partial charge in [0.25, 0.3) is 0 Å². The number of rotatable bonds is 7. The van der Waals surface area contributed by atoms with Gasteiger partial charge in [-0.15, -0.1) is 0 Å². The lowest BCUT2D eigenvalue weighted by Gasteiger charge is -2.37. The molecule has 1 aromatic rings. The summed E-state index contributed by atoms with van der Waals surface area (Å²) < 4.78 is 7.41. The van der Waals surface area contributed by atoms with Crippen molar-refractivity contribution in [2.75, 3.05) is 25.0 Å². The summed E-state index contributed by atoms with van der Waals surface area (Å²) in [5.41, 5.74) is -0.451. The molecule has 6 rings (SSSR count). The number of nitrogens with zero attached hydrogens (tertiary/aromatic N) is 2. The second-order valence-electron chi connectivity index (χ2n) is 12.0. The maximum atomic E-state index is 14.2.